The van der Waals surface area contributed by atoms with Gasteiger partial charge in [-0.2, -0.15) is 0 Å². The van der Waals surface area contributed by atoms with E-state index in [0.29, 0.717) is 0 Å². The lowest BCUT2D eigenvalue weighted by atomic mass is 10.1. The summed E-state index contributed by atoms with van der Waals surface area (Å²) in [5.74, 6) is 0.379. The van der Waals surface area contributed by atoms with E-state index in [4.69, 9.17) is 4.84 Å². The lowest BCUT2D eigenvalue weighted by Crippen LogP contribution is -2.16. The molecule has 0 fully saturated rings. The van der Waals surface area contributed by atoms with Gasteiger partial charge >= 0.3 is 5.97 Å². The second kappa shape index (κ2) is 6.46. The molecule has 1 N–H and O–H groups in total. The molecule has 0 aliphatic rings. The van der Waals surface area contributed by atoms with Crippen molar-refractivity contribution in [2.75, 3.05) is 18.3 Å². The molecule has 1 aromatic heterocycles. The van der Waals surface area contributed by atoms with Crippen LogP contribution in [-0.2, 0) is 20.5 Å². The minimum Gasteiger partial charge on any atom is -0.355 e. The number of benzene rings is 2. The van der Waals surface area contributed by atoms with Crippen LogP contribution < -0.4 is 0 Å². The minimum absolute atomic E-state index is 0.158. The molecular weight excluding hydrogens is 308 g/mol. The fraction of sp³-hybridized carbons (Fsp3) is 0.222. The number of aromatic amines is 1. The first kappa shape index (κ1) is 15.6. The molecular formula is C18H19N2O2S+. The Morgan fingerprint density at radius 3 is 2.61 bits per heavy atom. The summed E-state index contributed by atoms with van der Waals surface area (Å²) in [5.41, 5.74) is 4.00. The molecule has 0 saturated carbocycles. The molecule has 5 heteroatoms. The molecule has 1 heterocycles. The number of aromatic nitrogens is 1. The Kier molecular flexibility index (Phi) is 4.39. The van der Waals surface area contributed by atoms with E-state index in [1.165, 1.54) is 12.3 Å². The van der Waals surface area contributed by atoms with Gasteiger partial charge in [0, 0.05) is 34.3 Å². The molecule has 0 saturated heterocycles. The van der Waals surface area contributed by atoms with E-state index in [1.54, 1.807) is 0 Å². The molecule has 0 unspecified atom stereocenters. The number of para-hydroxylation sites is 1. The fourth-order valence-electron chi connectivity index (χ4n) is 2.58. The van der Waals surface area contributed by atoms with E-state index < -0.39 is 5.97 Å². The van der Waals surface area contributed by atoms with Crippen molar-refractivity contribution in [1.82, 2.24) is 4.98 Å². The summed E-state index contributed by atoms with van der Waals surface area (Å²) in [6.45, 7) is 1.36. The number of oxime groups is 1. The van der Waals surface area contributed by atoms with Gasteiger partial charge in [0.05, 0.1) is 12.5 Å². The first-order valence-electron chi connectivity index (χ1n) is 7.34. The second-order valence-corrected chi connectivity index (χ2v) is 7.94. The van der Waals surface area contributed by atoms with Crippen molar-refractivity contribution in [3.05, 3.63) is 48.0 Å². The Morgan fingerprint density at radius 2 is 1.87 bits per heavy atom. The van der Waals surface area contributed by atoms with Crippen molar-refractivity contribution < 1.29 is 9.63 Å². The largest absolute Gasteiger partial charge is 0.355 e. The number of rotatable bonds is 4. The monoisotopic (exact) mass is 327 g/mol. The van der Waals surface area contributed by atoms with Crippen LogP contribution in [0.15, 0.2) is 47.6 Å². The number of carbonyl (C=O) groups excluding carboxylic acids is 1. The number of H-pyrrole nitrogens is 1. The highest BCUT2D eigenvalue weighted by Gasteiger charge is 2.15. The first-order chi connectivity index (χ1) is 11.0. The Hall–Kier alpha value is -2.27. The van der Waals surface area contributed by atoms with Crippen LogP contribution in [0.2, 0.25) is 0 Å². The van der Waals surface area contributed by atoms with Crippen molar-refractivity contribution in [3.63, 3.8) is 0 Å². The van der Waals surface area contributed by atoms with Gasteiger partial charge in [-0.1, -0.05) is 29.4 Å². The highest BCUT2D eigenvalue weighted by atomic mass is 32.2. The Bertz CT molecular complexity index is 896. The predicted molar refractivity (Wildman–Crippen MR) is 98.2 cm³/mol. The van der Waals surface area contributed by atoms with Gasteiger partial charge in [-0.3, -0.25) is 0 Å². The van der Waals surface area contributed by atoms with Gasteiger partial charge < -0.3 is 9.82 Å². The van der Waals surface area contributed by atoms with E-state index in [1.807, 2.05) is 18.2 Å². The van der Waals surface area contributed by atoms with Gasteiger partial charge in [0.25, 0.3) is 0 Å². The van der Waals surface area contributed by atoms with Crippen LogP contribution >= 0.6 is 0 Å². The smallest absolute Gasteiger partial charge is 0.331 e. The van der Waals surface area contributed by atoms with Gasteiger partial charge in [-0.15, -0.1) is 0 Å². The standard InChI is InChI=1S/C18H19N2O2S/c1-12(21)22-20-18(11-23(2)3)13-8-9-17-15(10-13)14-6-4-5-7-16(14)19-17/h4-10,19H,11H2,1-3H3/q+1. The van der Waals surface area contributed by atoms with Gasteiger partial charge in [0.1, 0.15) is 5.71 Å². The number of hydrogen-bond acceptors (Lipinski definition) is 3. The zero-order valence-electron chi connectivity index (χ0n) is 13.4. The Balaban J connectivity index is 2.10. The third-order valence-corrected chi connectivity index (χ3v) is 4.40. The third-order valence-electron chi connectivity index (χ3n) is 3.55. The predicted octanol–water partition coefficient (Wildman–Crippen LogP) is 3.47. The van der Waals surface area contributed by atoms with Crippen LogP contribution in [0.3, 0.4) is 0 Å². The van der Waals surface area contributed by atoms with Crippen LogP contribution in [0.4, 0.5) is 0 Å². The van der Waals surface area contributed by atoms with Crippen LogP contribution in [0, 0.1) is 0 Å². The van der Waals surface area contributed by atoms with Crippen LogP contribution in [0.5, 0.6) is 0 Å². The maximum atomic E-state index is 11.1. The van der Waals surface area contributed by atoms with Gasteiger partial charge in [0.15, 0.2) is 5.75 Å². The summed E-state index contributed by atoms with van der Waals surface area (Å²) in [7, 11) is 0.158. The summed E-state index contributed by atoms with van der Waals surface area (Å²) >= 11 is 0. The van der Waals surface area contributed by atoms with Gasteiger partial charge in [-0.05, 0) is 29.1 Å². The number of nitrogens with one attached hydrogen (secondary N) is 1. The molecule has 23 heavy (non-hydrogen) atoms. The first-order valence-corrected chi connectivity index (χ1v) is 9.55. The fourth-order valence-corrected chi connectivity index (χ4v) is 3.35. The van der Waals surface area contributed by atoms with Crippen molar-refractivity contribution in [2.45, 2.75) is 6.92 Å². The molecule has 0 radical (unpaired) electrons. The summed E-state index contributed by atoms with van der Waals surface area (Å²) in [4.78, 5) is 19.4. The normalized spacial score (nSPS) is 12.3. The molecule has 0 bridgehead atoms. The second-order valence-electron chi connectivity index (χ2n) is 5.68. The average molecular weight is 327 g/mol. The molecule has 2 aromatic carbocycles. The molecule has 0 spiro atoms. The van der Waals surface area contributed by atoms with E-state index in [-0.39, 0.29) is 10.9 Å². The van der Waals surface area contributed by atoms with Crippen molar-refractivity contribution in [2.24, 2.45) is 5.16 Å². The molecule has 3 aromatic rings. The highest BCUT2D eigenvalue weighted by Crippen LogP contribution is 2.26. The molecule has 0 aliphatic heterocycles. The van der Waals surface area contributed by atoms with E-state index in [9.17, 15) is 4.79 Å². The minimum atomic E-state index is -0.400. The third kappa shape index (κ3) is 3.40. The molecule has 0 amide bonds. The van der Waals surface area contributed by atoms with Crippen LogP contribution in [-0.4, -0.2) is 34.9 Å². The SMILES string of the molecule is CC(=O)ON=C(C[S+](C)C)c1ccc2[nH]c3ccccc3c2c1. The molecule has 0 atom stereocenters. The summed E-state index contributed by atoms with van der Waals surface area (Å²) in [6, 6.07) is 14.4. The van der Waals surface area contributed by atoms with E-state index >= 15 is 0 Å². The summed E-state index contributed by atoms with van der Waals surface area (Å²) in [6.07, 6.45) is 4.29. The van der Waals surface area contributed by atoms with E-state index in [2.05, 4.69) is 46.9 Å². The number of hydrogen-bond donors (Lipinski definition) is 1. The molecule has 118 valence electrons. The maximum absolute atomic E-state index is 11.1. The van der Waals surface area contributed by atoms with Gasteiger partial charge in [-0.25, -0.2) is 4.79 Å². The van der Waals surface area contributed by atoms with Crippen molar-refractivity contribution >= 4 is 44.4 Å². The molecule has 3 rings (SSSR count). The summed E-state index contributed by atoms with van der Waals surface area (Å²) in [5, 5.41) is 6.41. The van der Waals surface area contributed by atoms with Crippen LogP contribution in [0.1, 0.15) is 12.5 Å². The highest BCUT2D eigenvalue weighted by molar-refractivity contribution is 7.96. The molecule has 0 aliphatic carbocycles. The zero-order valence-corrected chi connectivity index (χ0v) is 14.2. The van der Waals surface area contributed by atoms with Crippen LogP contribution in [0.25, 0.3) is 21.8 Å². The lowest BCUT2D eigenvalue weighted by Gasteiger charge is -2.05. The summed E-state index contributed by atoms with van der Waals surface area (Å²) < 4.78 is 0. The van der Waals surface area contributed by atoms with Gasteiger partial charge in [0.2, 0.25) is 0 Å². The Labute approximate surface area is 137 Å². The van der Waals surface area contributed by atoms with E-state index in [0.717, 1.165) is 33.4 Å². The number of fused-ring (bicyclic) bond motifs is 3. The lowest BCUT2D eigenvalue weighted by molar-refractivity contribution is -0.140. The zero-order chi connectivity index (χ0) is 16.4. The molecule has 4 nitrogen and oxygen atoms in total. The van der Waals surface area contributed by atoms with Crippen molar-refractivity contribution in [1.29, 1.82) is 0 Å². The van der Waals surface area contributed by atoms with Crippen molar-refractivity contribution in [3.8, 4) is 0 Å². The maximum Gasteiger partial charge on any atom is 0.331 e. The quantitative estimate of drug-likeness (QED) is 0.345. The number of carbonyl (C=O) groups is 1. The number of nitrogens with zero attached hydrogens (tertiary/aromatic N) is 1. The average Bonchev–Trinajstić information content (AvgIpc) is 2.88. The Morgan fingerprint density at radius 1 is 1.13 bits per heavy atom. The topological polar surface area (TPSA) is 54.4 Å².